The molecule has 2 heterocycles. The minimum absolute atomic E-state index is 0. The number of morpholine rings is 1. The SMILES string of the molecule is CCNC(=NCC(C)(O)c1ccsc1)NCC1CN(C)CCO1.I. The highest BCUT2D eigenvalue weighted by Crippen LogP contribution is 2.23. The van der Waals surface area contributed by atoms with Gasteiger partial charge in [0.05, 0.1) is 19.3 Å². The van der Waals surface area contributed by atoms with E-state index in [1.165, 1.54) is 0 Å². The first-order valence-electron chi connectivity index (χ1n) is 8.08. The molecule has 1 aliphatic rings. The minimum Gasteiger partial charge on any atom is -0.383 e. The molecular formula is C16H29IN4O2S. The number of nitrogens with zero attached hydrogens (tertiary/aromatic N) is 2. The fourth-order valence-electron chi connectivity index (χ4n) is 2.44. The number of rotatable bonds is 6. The maximum absolute atomic E-state index is 10.6. The standard InChI is InChI=1S/C16H28N4O2S.HI/c1-4-17-15(18-9-14-10-20(3)6-7-22-14)19-12-16(2,21)13-5-8-23-11-13;/h5,8,11,14,21H,4,6-7,9-10,12H2,1-3H3,(H2,17,18,19);1H. The molecule has 1 aromatic heterocycles. The molecule has 1 saturated heterocycles. The van der Waals surface area contributed by atoms with E-state index in [-0.39, 0.29) is 30.1 Å². The van der Waals surface area contributed by atoms with Crippen LogP contribution < -0.4 is 10.6 Å². The normalized spacial score (nSPS) is 21.7. The molecule has 0 spiro atoms. The summed E-state index contributed by atoms with van der Waals surface area (Å²) in [7, 11) is 2.10. The summed E-state index contributed by atoms with van der Waals surface area (Å²) in [6, 6.07) is 1.94. The van der Waals surface area contributed by atoms with Crippen molar-refractivity contribution in [3.63, 3.8) is 0 Å². The van der Waals surface area contributed by atoms with Crippen molar-refractivity contribution in [1.82, 2.24) is 15.5 Å². The molecule has 0 amide bonds. The van der Waals surface area contributed by atoms with E-state index in [1.54, 1.807) is 18.3 Å². The molecule has 1 aliphatic heterocycles. The Balaban J connectivity index is 0.00000288. The average molecular weight is 468 g/mol. The van der Waals surface area contributed by atoms with Gasteiger partial charge in [-0.05, 0) is 43.3 Å². The van der Waals surface area contributed by atoms with Gasteiger partial charge in [-0.15, -0.1) is 24.0 Å². The van der Waals surface area contributed by atoms with Crippen molar-refractivity contribution in [2.24, 2.45) is 4.99 Å². The third kappa shape index (κ3) is 6.83. The Bertz CT molecular complexity index is 496. The summed E-state index contributed by atoms with van der Waals surface area (Å²) in [4.78, 5) is 6.79. The maximum atomic E-state index is 10.6. The summed E-state index contributed by atoms with van der Waals surface area (Å²) < 4.78 is 5.75. The molecule has 1 fully saturated rings. The fourth-order valence-corrected chi connectivity index (χ4v) is 3.22. The molecule has 1 aromatic rings. The number of hydrogen-bond donors (Lipinski definition) is 3. The first-order valence-corrected chi connectivity index (χ1v) is 9.03. The van der Waals surface area contributed by atoms with Crippen molar-refractivity contribution in [3.8, 4) is 0 Å². The molecule has 3 N–H and O–H groups in total. The number of aliphatic hydroxyl groups is 1. The molecule has 2 unspecified atom stereocenters. The molecule has 24 heavy (non-hydrogen) atoms. The third-order valence-electron chi connectivity index (χ3n) is 3.87. The number of guanidine groups is 1. The first-order chi connectivity index (χ1) is 11.0. The van der Waals surface area contributed by atoms with Crippen LogP contribution in [0.2, 0.25) is 0 Å². The zero-order valence-corrected chi connectivity index (χ0v) is 17.8. The van der Waals surface area contributed by atoms with Crippen LogP contribution in [0.4, 0.5) is 0 Å². The average Bonchev–Trinajstić information content (AvgIpc) is 3.05. The van der Waals surface area contributed by atoms with E-state index in [0.29, 0.717) is 19.0 Å². The Morgan fingerprint density at radius 2 is 2.33 bits per heavy atom. The van der Waals surface area contributed by atoms with Crippen molar-refractivity contribution >= 4 is 41.3 Å². The molecule has 0 aliphatic carbocycles. The van der Waals surface area contributed by atoms with Gasteiger partial charge in [0.1, 0.15) is 5.60 Å². The van der Waals surface area contributed by atoms with Crippen LogP contribution in [-0.4, -0.2) is 68.4 Å². The fraction of sp³-hybridized carbons (Fsp3) is 0.688. The Hall–Kier alpha value is -0.420. The number of aliphatic imine (C=N–C) groups is 1. The number of nitrogens with one attached hydrogen (secondary N) is 2. The van der Waals surface area contributed by atoms with Gasteiger partial charge in [-0.25, -0.2) is 4.99 Å². The molecule has 0 aromatic carbocycles. The van der Waals surface area contributed by atoms with E-state index >= 15 is 0 Å². The minimum atomic E-state index is -0.954. The predicted molar refractivity (Wildman–Crippen MR) is 111 cm³/mol. The van der Waals surface area contributed by atoms with E-state index < -0.39 is 5.60 Å². The van der Waals surface area contributed by atoms with Crippen LogP contribution >= 0.6 is 35.3 Å². The summed E-state index contributed by atoms with van der Waals surface area (Å²) in [5, 5.41) is 21.0. The monoisotopic (exact) mass is 468 g/mol. The highest BCUT2D eigenvalue weighted by molar-refractivity contribution is 14.0. The number of ether oxygens (including phenoxy) is 1. The highest BCUT2D eigenvalue weighted by Gasteiger charge is 2.23. The lowest BCUT2D eigenvalue weighted by atomic mass is 10.00. The van der Waals surface area contributed by atoms with Crippen LogP contribution in [0.1, 0.15) is 19.4 Å². The number of halogens is 1. The molecule has 0 radical (unpaired) electrons. The Morgan fingerprint density at radius 1 is 1.54 bits per heavy atom. The highest BCUT2D eigenvalue weighted by atomic mass is 127. The summed E-state index contributed by atoms with van der Waals surface area (Å²) in [6.45, 7) is 8.27. The molecule has 6 nitrogen and oxygen atoms in total. The van der Waals surface area contributed by atoms with Crippen molar-refractivity contribution in [2.45, 2.75) is 25.6 Å². The van der Waals surface area contributed by atoms with Gasteiger partial charge >= 0.3 is 0 Å². The second-order valence-electron chi connectivity index (χ2n) is 6.12. The third-order valence-corrected chi connectivity index (χ3v) is 4.55. The Morgan fingerprint density at radius 3 is 2.96 bits per heavy atom. The van der Waals surface area contributed by atoms with Gasteiger partial charge in [0.2, 0.25) is 0 Å². The quantitative estimate of drug-likeness (QED) is 0.335. The van der Waals surface area contributed by atoms with Crippen LogP contribution in [0.25, 0.3) is 0 Å². The van der Waals surface area contributed by atoms with E-state index in [0.717, 1.165) is 31.8 Å². The zero-order valence-electron chi connectivity index (χ0n) is 14.6. The van der Waals surface area contributed by atoms with E-state index in [9.17, 15) is 5.11 Å². The Labute approximate surface area is 165 Å². The molecule has 138 valence electrons. The van der Waals surface area contributed by atoms with Gasteiger partial charge in [0.25, 0.3) is 0 Å². The van der Waals surface area contributed by atoms with Crippen LogP contribution in [0, 0.1) is 0 Å². The molecule has 0 saturated carbocycles. The smallest absolute Gasteiger partial charge is 0.191 e. The second kappa shape index (κ2) is 10.5. The van der Waals surface area contributed by atoms with Crippen molar-refractivity contribution in [2.75, 3.05) is 46.4 Å². The second-order valence-corrected chi connectivity index (χ2v) is 6.90. The topological polar surface area (TPSA) is 69.1 Å². The van der Waals surface area contributed by atoms with Gasteiger partial charge < -0.3 is 25.4 Å². The lowest BCUT2D eigenvalue weighted by Gasteiger charge is -2.30. The van der Waals surface area contributed by atoms with Crippen molar-refractivity contribution < 1.29 is 9.84 Å². The van der Waals surface area contributed by atoms with Gasteiger partial charge in [0.15, 0.2) is 5.96 Å². The van der Waals surface area contributed by atoms with Crippen LogP contribution in [0.15, 0.2) is 21.8 Å². The maximum Gasteiger partial charge on any atom is 0.191 e. The van der Waals surface area contributed by atoms with Gasteiger partial charge in [-0.2, -0.15) is 11.3 Å². The molecule has 2 rings (SSSR count). The summed E-state index contributed by atoms with van der Waals surface area (Å²) in [5.41, 5.74) is -0.0523. The Kier molecular flexibility index (Phi) is 9.50. The van der Waals surface area contributed by atoms with Crippen LogP contribution in [-0.2, 0) is 10.3 Å². The number of thiophene rings is 1. The van der Waals surface area contributed by atoms with Gasteiger partial charge in [-0.3, -0.25) is 0 Å². The van der Waals surface area contributed by atoms with E-state index in [4.69, 9.17) is 4.74 Å². The van der Waals surface area contributed by atoms with Crippen molar-refractivity contribution in [1.29, 1.82) is 0 Å². The molecule has 0 bridgehead atoms. The lowest BCUT2D eigenvalue weighted by Crippen LogP contribution is -2.48. The summed E-state index contributed by atoms with van der Waals surface area (Å²) in [5.74, 6) is 0.708. The van der Waals surface area contributed by atoms with Crippen molar-refractivity contribution in [3.05, 3.63) is 22.4 Å². The van der Waals surface area contributed by atoms with E-state index in [2.05, 4.69) is 27.6 Å². The predicted octanol–water partition coefficient (Wildman–Crippen LogP) is 1.46. The summed E-state index contributed by atoms with van der Waals surface area (Å²) >= 11 is 1.58. The molecule has 8 heteroatoms. The summed E-state index contributed by atoms with van der Waals surface area (Å²) in [6.07, 6.45) is 0.162. The lowest BCUT2D eigenvalue weighted by molar-refractivity contribution is -0.0161. The zero-order chi connectivity index (χ0) is 16.7. The van der Waals surface area contributed by atoms with E-state index in [1.807, 2.05) is 23.8 Å². The van der Waals surface area contributed by atoms with Gasteiger partial charge in [-0.1, -0.05) is 0 Å². The largest absolute Gasteiger partial charge is 0.383 e. The van der Waals surface area contributed by atoms with Gasteiger partial charge in [0, 0.05) is 26.2 Å². The first kappa shape index (κ1) is 21.6. The number of hydrogen-bond acceptors (Lipinski definition) is 5. The number of likely N-dealkylation sites (N-methyl/N-ethyl adjacent to an activating group) is 1. The molecular weight excluding hydrogens is 439 g/mol. The van der Waals surface area contributed by atoms with Crippen LogP contribution in [0.3, 0.4) is 0 Å². The van der Waals surface area contributed by atoms with Crippen LogP contribution in [0.5, 0.6) is 0 Å². The molecule has 2 atom stereocenters.